The molecule has 3 heterocycles. The van der Waals surface area contributed by atoms with Crippen LogP contribution >= 0.6 is 0 Å². The molecule has 2 aromatic heterocycles. The number of anilines is 1. The maximum absolute atomic E-state index is 13.3. The third-order valence-electron chi connectivity index (χ3n) is 4.19. The van der Waals surface area contributed by atoms with Gasteiger partial charge in [-0.05, 0) is 36.4 Å². The Morgan fingerprint density at radius 1 is 1.04 bits per heavy atom. The van der Waals surface area contributed by atoms with Crippen LogP contribution in [0.25, 0.3) is 22.4 Å². The minimum Gasteiger partial charge on any atom is -0.378 e. The van der Waals surface area contributed by atoms with Gasteiger partial charge in [0.1, 0.15) is 22.7 Å². The van der Waals surface area contributed by atoms with Gasteiger partial charge < -0.3 is 15.4 Å². The number of benzene rings is 1. The zero-order valence-electron chi connectivity index (χ0n) is 13.9. The number of pyridine rings is 1. The molecule has 7 nitrogen and oxygen atoms in total. The largest absolute Gasteiger partial charge is 0.378 e. The molecular weight excluding hydrogens is 337 g/mol. The van der Waals surface area contributed by atoms with Gasteiger partial charge in [-0.3, -0.25) is 4.79 Å². The molecule has 132 valence electrons. The molecule has 2 N–H and O–H groups in total. The van der Waals surface area contributed by atoms with Crippen LogP contribution in [0.1, 0.15) is 10.5 Å². The van der Waals surface area contributed by atoms with E-state index in [0.29, 0.717) is 49.0 Å². The van der Waals surface area contributed by atoms with Crippen molar-refractivity contribution in [3.63, 3.8) is 0 Å². The third-order valence-corrected chi connectivity index (χ3v) is 4.19. The summed E-state index contributed by atoms with van der Waals surface area (Å²) in [6.45, 7) is 2.47. The number of hydrogen-bond donors (Lipinski definition) is 1. The van der Waals surface area contributed by atoms with Crippen molar-refractivity contribution in [3.05, 3.63) is 47.9 Å². The molecule has 1 fully saturated rings. The van der Waals surface area contributed by atoms with E-state index >= 15 is 0 Å². The number of carbonyl (C=O) groups excluding carboxylic acids is 1. The van der Waals surface area contributed by atoms with E-state index < -0.39 is 5.91 Å². The van der Waals surface area contributed by atoms with Crippen molar-refractivity contribution in [1.29, 1.82) is 0 Å². The first kappa shape index (κ1) is 16.3. The maximum atomic E-state index is 13.3. The Morgan fingerprint density at radius 3 is 2.46 bits per heavy atom. The number of rotatable bonds is 3. The Labute approximate surface area is 148 Å². The highest BCUT2D eigenvalue weighted by molar-refractivity contribution is 5.93. The number of aromatic nitrogens is 3. The number of halogens is 1. The lowest BCUT2D eigenvalue weighted by molar-refractivity contribution is 0.0996. The maximum Gasteiger partial charge on any atom is 0.267 e. The third kappa shape index (κ3) is 3.06. The van der Waals surface area contributed by atoms with Gasteiger partial charge in [0.05, 0.1) is 13.2 Å². The number of amides is 1. The summed E-state index contributed by atoms with van der Waals surface area (Å²) in [5, 5.41) is 0. The average molecular weight is 353 g/mol. The summed E-state index contributed by atoms with van der Waals surface area (Å²) in [7, 11) is 0. The van der Waals surface area contributed by atoms with Crippen molar-refractivity contribution in [2.45, 2.75) is 0 Å². The van der Waals surface area contributed by atoms with E-state index in [1.54, 1.807) is 18.2 Å². The normalized spacial score (nSPS) is 14.6. The summed E-state index contributed by atoms with van der Waals surface area (Å²) < 4.78 is 18.7. The fraction of sp³-hybridized carbons (Fsp3) is 0.222. The van der Waals surface area contributed by atoms with Crippen molar-refractivity contribution in [1.82, 2.24) is 15.0 Å². The molecule has 1 saturated heterocycles. The van der Waals surface area contributed by atoms with Gasteiger partial charge in [0, 0.05) is 18.7 Å². The molecule has 0 radical (unpaired) electrons. The first-order valence-corrected chi connectivity index (χ1v) is 8.19. The number of carbonyl (C=O) groups is 1. The molecule has 0 aliphatic carbocycles. The molecule has 3 aromatic rings. The van der Waals surface area contributed by atoms with Gasteiger partial charge in [0.15, 0.2) is 11.5 Å². The summed E-state index contributed by atoms with van der Waals surface area (Å²) >= 11 is 0. The minimum absolute atomic E-state index is 0.134. The molecule has 0 unspecified atom stereocenters. The van der Waals surface area contributed by atoms with E-state index in [1.165, 1.54) is 18.2 Å². The van der Waals surface area contributed by atoms with E-state index in [-0.39, 0.29) is 11.5 Å². The smallest absolute Gasteiger partial charge is 0.267 e. The fourth-order valence-corrected chi connectivity index (χ4v) is 2.87. The van der Waals surface area contributed by atoms with E-state index in [0.717, 1.165) is 5.56 Å². The van der Waals surface area contributed by atoms with Crippen molar-refractivity contribution < 1.29 is 13.9 Å². The second-order valence-corrected chi connectivity index (χ2v) is 5.91. The number of ether oxygens (including phenoxy) is 1. The molecule has 1 aromatic carbocycles. The van der Waals surface area contributed by atoms with Crippen molar-refractivity contribution in [3.8, 4) is 11.3 Å². The van der Waals surface area contributed by atoms with Crippen LogP contribution in [0.15, 0.2) is 36.4 Å². The van der Waals surface area contributed by atoms with Crippen LogP contribution in [-0.2, 0) is 4.74 Å². The lowest BCUT2D eigenvalue weighted by atomic mass is 10.1. The number of morpholine rings is 1. The van der Waals surface area contributed by atoms with Crippen molar-refractivity contribution >= 4 is 22.9 Å². The van der Waals surface area contributed by atoms with Crippen LogP contribution in [0.4, 0.5) is 10.2 Å². The Bertz CT molecular complexity index is 971. The molecule has 1 aliphatic heterocycles. The molecule has 1 aliphatic rings. The highest BCUT2D eigenvalue weighted by Gasteiger charge is 2.20. The van der Waals surface area contributed by atoms with Gasteiger partial charge in [0.2, 0.25) is 0 Å². The second kappa shape index (κ2) is 6.64. The quantitative estimate of drug-likeness (QED) is 0.771. The molecule has 26 heavy (non-hydrogen) atoms. The highest BCUT2D eigenvalue weighted by atomic mass is 19.1. The summed E-state index contributed by atoms with van der Waals surface area (Å²) in [6, 6.07) is 9.28. The van der Waals surface area contributed by atoms with Crippen LogP contribution in [0.2, 0.25) is 0 Å². The fourth-order valence-electron chi connectivity index (χ4n) is 2.87. The standard InChI is InChI=1S/C18H16FN5O2/c19-12-3-1-11(2-4-12)15-18(24-7-9-26-10-8-24)23-17-14(21-15)6-5-13(22-17)16(20)25/h1-6H,7-10H2,(H2,20,25). The average Bonchev–Trinajstić information content (AvgIpc) is 2.68. The SMILES string of the molecule is NC(=O)c1ccc2nc(-c3ccc(F)cc3)c(N3CCOCC3)nc2n1. The Morgan fingerprint density at radius 2 is 1.77 bits per heavy atom. The lowest BCUT2D eigenvalue weighted by Gasteiger charge is -2.29. The first-order valence-electron chi connectivity index (χ1n) is 8.19. The number of primary amides is 1. The molecule has 0 saturated carbocycles. The number of nitrogens with zero attached hydrogens (tertiary/aromatic N) is 4. The first-order chi connectivity index (χ1) is 12.6. The van der Waals surface area contributed by atoms with Gasteiger partial charge in [-0.15, -0.1) is 0 Å². The second-order valence-electron chi connectivity index (χ2n) is 5.91. The Balaban J connectivity index is 1.90. The zero-order chi connectivity index (χ0) is 18.1. The van der Waals surface area contributed by atoms with Crippen molar-refractivity contribution in [2.75, 3.05) is 31.2 Å². The van der Waals surface area contributed by atoms with Gasteiger partial charge >= 0.3 is 0 Å². The van der Waals surface area contributed by atoms with Crippen LogP contribution in [0, 0.1) is 5.82 Å². The van der Waals surface area contributed by atoms with Gasteiger partial charge in [-0.1, -0.05) is 0 Å². The molecule has 1 amide bonds. The number of nitrogens with two attached hydrogens (primary N) is 1. The lowest BCUT2D eigenvalue weighted by Crippen LogP contribution is -2.37. The van der Waals surface area contributed by atoms with E-state index in [4.69, 9.17) is 10.5 Å². The van der Waals surface area contributed by atoms with Gasteiger partial charge in [-0.25, -0.2) is 19.3 Å². The topological polar surface area (TPSA) is 94.2 Å². The number of hydrogen-bond acceptors (Lipinski definition) is 6. The minimum atomic E-state index is -0.621. The van der Waals surface area contributed by atoms with Crippen LogP contribution < -0.4 is 10.6 Å². The summed E-state index contributed by atoms with van der Waals surface area (Å²) in [4.78, 5) is 27.0. The summed E-state index contributed by atoms with van der Waals surface area (Å²) in [5.74, 6) is -0.311. The van der Waals surface area contributed by atoms with E-state index in [2.05, 4.69) is 15.0 Å². The van der Waals surface area contributed by atoms with E-state index in [9.17, 15) is 9.18 Å². The molecule has 0 bridgehead atoms. The number of fused-ring (bicyclic) bond motifs is 1. The predicted molar refractivity (Wildman–Crippen MR) is 94.3 cm³/mol. The van der Waals surface area contributed by atoms with Crippen molar-refractivity contribution in [2.24, 2.45) is 5.73 Å². The molecule has 4 rings (SSSR count). The van der Waals surface area contributed by atoms with E-state index in [1.807, 2.05) is 4.90 Å². The molecule has 0 atom stereocenters. The summed E-state index contributed by atoms with van der Waals surface area (Å²) in [6.07, 6.45) is 0. The Hall–Kier alpha value is -3.13. The van der Waals surface area contributed by atoms with Gasteiger partial charge in [0.25, 0.3) is 5.91 Å². The molecular formula is C18H16FN5O2. The zero-order valence-corrected chi connectivity index (χ0v) is 13.9. The Kier molecular flexibility index (Phi) is 4.18. The van der Waals surface area contributed by atoms with Crippen LogP contribution in [0.5, 0.6) is 0 Å². The predicted octanol–water partition coefficient (Wildman–Crippen LogP) is 1.77. The molecule has 8 heteroatoms. The molecule has 0 spiro atoms. The van der Waals surface area contributed by atoms with Crippen LogP contribution in [-0.4, -0.2) is 47.2 Å². The van der Waals surface area contributed by atoms with Gasteiger partial charge in [-0.2, -0.15) is 0 Å². The summed E-state index contributed by atoms with van der Waals surface area (Å²) in [5.41, 5.74) is 7.70. The van der Waals surface area contributed by atoms with Crippen LogP contribution in [0.3, 0.4) is 0 Å². The highest BCUT2D eigenvalue weighted by Crippen LogP contribution is 2.30. The monoisotopic (exact) mass is 353 g/mol.